The lowest BCUT2D eigenvalue weighted by Crippen LogP contribution is -2.35. The van der Waals surface area contributed by atoms with Gasteiger partial charge in [-0.25, -0.2) is 0 Å². The van der Waals surface area contributed by atoms with E-state index in [1.807, 2.05) is 24.3 Å². The lowest BCUT2D eigenvalue weighted by Gasteiger charge is -2.35. The van der Waals surface area contributed by atoms with Gasteiger partial charge in [0.25, 0.3) is 0 Å². The van der Waals surface area contributed by atoms with E-state index in [4.69, 9.17) is 28.4 Å². The van der Waals surface area contributed by atoms with E-state index in [1.165, 1.54) is 0 Å². The van der Waals surface area contributed by atoms with Crippen LogP contribution < -0.4 is 23.7 Å². The van der Waals surface area contributed by atoms with E-state index in [2.05, 4.69) is 0 Å². The summed E-state index contributed by atoms with van der Waals surface area (Å²) in [5.41, 5.74) is 2.95. The summed E-state index contributed by atoms with van der Waals surface area (Å²) in [5, 5.41) is 0. The van der Waals surface area contributed by atoms with Gasteiger partial charge in [-0.3, -0.25) is 4.79 Å². The third-order valence-corrected chi connectivity index (χ3v) is 6.04. The van der Waals surface area contributed by atoms with Gasteiger partial charge < -0.3 is 28.4 Å². The van der Waals surface area contributed by atoms with Crippen LogP contribution in [0.4, 0.5) is 0 Å². The van der Waals surface area contributed by atoms with Crippen molar-refractivity contribution in [1.82, 2.24) is 0 Å². The molecule has 1 fully saturated rings. The summed E-state index contributed by atoms with van der Waals surface area (Å²) in [7, 11) is 4.82. The lowest BCUT2D eigenvalue weighted by molar-refractivity contribution is -0.120. The second-order valence-electron chi connectivity index (χ2n) is 7.35. The van der Waals surface area contributed by atoms with Crippen LogP contribution in [0.5, 0.6) is 28.7 Å². The van der Waals surface area contributed by atoms with Crippen molar-refractivity contribution in [2.75, 3.05) is 34.7 Å². The summed E-state index contributed by atoms with van der Waals surface area (Å²) in [6.07, 6.45) is 0.386. The van der Waals surface area contributed by atoms with Crippen LogP contribution in [0.15, 0.2) is 24.3 Å². The Morgan fingerprint density at radius 3 is 2.59 bits per heavy atom. The number of fused-ring (bicyclic) bond motifs is 3. The molecule has 29 heavy (non-hydrogen) atoms. The van der Waals surface area contributed by atoms with Gasteiger partial charge in [0.1, 0.15) is 6.61 Å². The van der Waals surface area contributed by atoms with Crippen molar-refractivity contribution < 1.29 is 33.2 Å². The van der Waals surface area contributed by atoms with Gasteiger partial charge in [0.15, 0.2) is 28.8 Å². The fourth-order valence-electron chi connectivity index (χ4n) is 4.78. The smallest absolute Gasteiger partial charge is 0.231 e. The molecule has 1 saturated heterocycles. The Labute approximate surface area is 168 Å². The Balaban J connectivity index is 1.73. The maximum absolute atomic E-state index is 12.8. The predicted octanol–water partition coefficient (Wildman–Crippen LogP) is 2.71. The van der Waals surface area contributed by atoms with Crippen molar-refractivity contribution in [2.45, 2.75) is 18.4 Å². The Kier molecular flexibility index (Phi) is 4.28. The highest BCUT2D eigenvalue weighted by Crippen LogP contribution is 2.54. The highest BCUT2D eigenvalue weighted by atomic mass is 16.7. The lowest BCUT2D eigenvalue weighted by atomic mass is 9.69. The first-order valence-corrected chi connectivity index (χ1v) is 9.51. The fourth-order valence-corrected chi connectivity index (χ4v) is 4.78. The third kappa shape index (κ3) is 2.64. The molecule has 152 valence electrons. The number of carbonyl (C=O) groups is 1. The molecule has 7 heteroatoms. The molecule has 3 atom stereocenters. The van der Waals surface area contributed by atoms with E-state index in [0.29, 0.717) is 35.2 Å². The van der Waals surface area contributed by atoms with Crippen LogP contribution in [-0.4, -0.2) is 46.6 Å². The number of ketones is 1. The maximum Gasteiger partial charge on any atom is 0.231 e. The molecule has 0 spiro atoms. The van der Waals surface area contributed by atoms with Gasteiger partial charge in [-0.1, -0.05) is 6.07 Å². The molecule has 0 radical (unpaired) electrons. The Hall–Kier alpha value is -2.93. The highest BCUT2D eigenvalue weighted by molar-refractivity contribution is 5.87. The average Bonchev–Trinajstić information content (AvgIpc) is 3.36. The standard InChI is InChI=1S/C22H22O7/c1-24-15-5-4-11(6-16(15)25-2)19-12-7-18-22(29-10-28-18)21(26-3)13(12)8-17-20(19)14(23)9-27-17/h4-7,17,19-20H,8-10H2,1-3H3/t17-,19-,20-/m0/s1. The van der Waals surface area contributed by atoms with Crippen molar-refractivity contribution in [1.29, 1.82) is 0 Å². The normalized spacial score (nSPS) is 24.1. The number of hydrogen-bond donors (Lipinski definition) is 0. The first-order valence-electron chi connectivity index (χ1n) is 9.51. The van der Waals surface area contributed by atoms with Gasteiger partial charge in [0.2, 0.25) is 12.5 Å². The summed E-state index contributed by atoms with van der Waals surface area (Å²) in [4.78, 5) is 12.8. The van der Waals surface area contributed by atoms with Crippen molar-refractivity contribution in [3.63, 3.8) is 0 Å². The summed E-state index contributed by atoms with van der Waals surface area (Å²) < 4.78 is 33.7. The molecular formula is C22H22O7. The zero-order valence-corrected chi connectivity index (χ0v) is 16.5. The van der Waals surface area contributed by atoms with Crippen LogP contribution in [-0.2, 0) is 16.0 Å². The zero-order valence-electron chi connectivity index (χ0n) is 16.5. The molecule has 0 aromatic heterocycles. The topological polar surface area (TPSA) is 72.5 Å². The molecule has 1 aliphatic carbocycles. The Morgan fingerprint density at radius 2 is 1.83 bits per heavy atom. The number of methoxy groups -OCH3 is 3. The second-order valence-corrected chi connectivity index (χ2v) is 7.35. The van der Waals surface area contributed by atoms with Crippen LogP contribution in [0, 0.1) is 5.92 Å². The van der Waals surface area contributed by atoms with Crippen molar-refractivity contribution in [2.24, 2.45) is 5.92 Å². The van der Waals surface area contributed by atoms with E-state index in [9.17, 15) is 4.79 Å². The molecular weight excluding hydrogens is 376 g/mol. The van der Waals surface area contributed by atoms with E-state index >= 15 is 0 Å². The van der Waals surface area contributed by atoms with Crippen molar-refractivity contribution in [3.8, 4) is 28.7 Å². The molecule has 0 saturated carbocycles. The number of hydrogen-bond acceptors (Lipinski definition) is 7. The number of Topliss-reactive ketones (excluding diaryl/α,β-unsaturated/α-hetero) is 1. The first kappa shape index (κ1) is 18.1. The molecule has 7 nitrogen and oxygen atoms in total. The molecule has 0 bridgehead atoms. The van der Waals surface area contributed by atoms with Gasteiger partial charge in [0, 0.05) is 17.9 Å². The van der Waals surface area contributed by atoms with Gasteiger partial charge in [-0.2, -0.15) is 0 Å². The number of rotatable bonds is 4. The maximum atomic E-state index is 12.8. The SMILES string of the molecule is COc1ccc([C@H]2c3cc4c(c(OC)c3C[C@@H]3OCC(=O)[C@H]23)OCO4)cc1OC. The van der Waals surface area contributed by atoms with Crippen molar-refractivity contribution >= 4 is 5.78 Å². The quantitative estimate of drug-likeness (QED) is 0.784. The molecule has 2 heterocycles. The number of ether oxygens (including phenoxy) is 6. The van der Waals surface area contributed by atoms with Gasteiger partial charge in [0.05, 0.1) is 33.4 Å². The monoisotopic (exact) mass is 398 g/mol. The average molecular weight is 398 g/mol. The molecule has 0 N–H and O–H groups in total. The van der Waals surface area contributed by atoms with Crippen LogP contribution in [0.3, 0.4) is 0 Å². The summed E-state index contributed by atoms with van der Waals surface area (Å²) in [6, 6.07) is 7.74. The summed E-state index contributed by atoms with van der Waals surface area (Å²) >= 11 is 0. The molecule has 0 amide bonds. The molecule has 0 unspecified atom stereocenters. The van der Waals surface area contributed by atoms with E-state index in [1.54, 1.807) is 21.3 Å². The van der Waals surface area contributed by atoms with Crippen molar-refractivity contribution in [3.05, 3.63) is 41.0 Å². The molecule has 2 aromatic rings. The van der Waals surface area contributed by atoms with E-state index in [-0.39, 0.29) is 37.1 Å². The van der Waals surface area contributed by atoms with Gasteiger partial charge >= 0.3 is 0 Å². The first-order chi connectivity index (χ1) is 14.2. The van der Waals surface area contributed by atoms with Crippen LogP contribution in [0.25, 0.3) is 0 Å². The number of benzene rings is 2. The summed E-state index contributed by atoms with van der Waals surface area (Å²) in [6.45, 7) is 0.278. The predicted molar refractivity (Wildman–Crippen MR) is 102 cm³/mol. The minimum Gasteiger partial charge on any atom is -0.493 e. The molecule has 2 aromatic carbocycles. The van der Waals surface area contributed by atoms with Gasteiger partial charge in [-0.15, -0.1) is 0 Å². The van der Waals surface area contributed by atoms with E-state index < -0.39 is 0 Å². The summed E-state index contributed by atoms with van der Waals surface area (Å²) in [5.74, 6) is 2.79. The molecule has 2 aliphatic heterocycles. The van der Waals surface area contributed by atoms with E-state index in [0.717, 1.165) is 16.7 Å². The van der Waals surface area contributed by atoms with Crippen LogP contribution in [0.1, 0.15) is 22.6 Å². The Bertz CT molecular complexity index is 984. The Morgan fingerprint density at radius 1 is 1.00 bits per heavy atom. The number of carbonyl (C=O) groups excluding carboxylic acids is 1. The van der Waals surface area contributed by atoms with Crippen LogP contribution in [0.2, 0.25) is 0 Å². The highest BCUT2D eigenvalue weighted by Gasteiger charge is 2.48. The minimum absolute atomic E-state index is 0.108. The van der Waals surface area contributed by atoms with Gasteiger partial charge in [-0.05, 0) is 29.3 Å². The zero-order chi connectivity index (χ0) is 20.1. The van der Waals surface area contributed by atoms with Crippen LogP contribution >= 0.6 is 0 Å². The molecule has 3 aliphatic rings. The second kappa shape index (κ2) is 6.84. The minimum atomic E-state index is -0.273. The largest absolute Gasteiger partial charge is 0.493 e. The fraction of sp³-hybridized carbons (Fsp3) is 0.409. The third-order valence-electron chi connectivity index (χ3n) is 6.04. The molecule has 5 rings (SSSR count).